The zero-order chi connectivity index (χ0) is 12.2. The molecule has 0 aromatic rings. The Morgan fingerprint density at radius 2 is 1.87 bits per heavy atom. The van der Waals surface area contributed by atoms with Gasteiger partial charge in [-0.1, -0.05) is 20.8 Å². The van der Waals surface area contributed by atoms with Crippen molar-refractivity contribution in [3.63, 3.8) is 0 Å². The van der Waals surface area contributed by atoms with Crippen molar-refractivity contribution in [3.05, 3.63) is 0 Å². The maximum absolute atomic E-state index is 11.3. The molecule has 15 heavy (non-hydrogen) atoms. The average molecular weight is 218 g/mol. The third kappa shape index (κ3) is 4.16. The van der Waals surface area contributed by atoms with Gasteiger partial charge in [0.15, 0.2) is 0 Å². The first-order valence-corrected chi connectivity index (χ1v) is 4.56. The predicted molar refractivity (Wildman–Crippen MR) is 54.0 cm³/mol. The van der Waals surface area contributed by atoms with Crippen molar-refractivity contribution in [1.29, 1.82) is 0 Å². The van der Waals surface area contributed by atoms with Crippen molar-refractivity contribution in [2.45, 2.75) is 33.0 Å². The molecule has 0 aromatic carbocycles. The van der Waals surface area contributed by atoms with Gasteiger partial charge in [0.05, 0.1) is 0 Å². The molecule has 0 bridgehead atoms. The molecule has 0 spiro atoms. The summed E-state index contributed by atoms with van der Waals surface area (Å²) in [5.74, 6) is -0.587. The van der Waals surface area contributed by atoms with Gasteiger partial charge in [-0.25, -0.2) is 4.79 Å². The highest BCUT2D eigenvalue weighted by atomic mass is 16.6. The first-order chi connectivity index (χ1) is 6.70. The first-order valence-electron chi connectivity index (χ1n) is 4.56. The van der Waals surface area contributed by atoms with Crippen LogP contribution in [0.2, 0.25) is 0 Å². The molecule has 6 nitrogen and oxygen atoms in total. The molecule has 0 aliphatic carbocycles. The summed E-state index contributed by atoms with van der Waals surface area (Å²) in [4.78, 5) is 21.9. The number of aliphatic hydroxyl groups excluding tert-OH is 1. The fourth-order valence-electron chi connectivity index (χ4n) is 0.983. The van der Waals surface area contributed by atoms with Gasteiger partial charge in [-0.3, -0.25) is 4.79 Å². The Kier molecular flexibility index (Phi) is 4.54. The number of ether oxygens (including phenoxy) is 1. The van der Waals surface area contributed by atoms with E-state index in [4.69, 9.17) is 5.73 Å². The molecule has 0 saturated heterocycles. The van der Waals surface area contributed by atoms with Gasteiger partial charge in [0.1, 0.15) is 6.10 Å². The summed E-state index contributed by atoms with van der Waals surface area (Å²) in [6.07, 6.45) is -3.50. The third-order valence-corrected chi connectivity index (χ3v) is 1.92. The van der Waals surface area contributed by atoms with E-state index in [1.165, 1.54) is 7.05 Å². The van der Waals surface area contributed by atoms with Crippen LogP contribution in [-0.4, -0.2) is 36.4 Å². The number of carbonyl (C=O) groups is 2. The normalized spacial score (nSPS) is 15.3. The van der Waals surface area contributed by atoms with Crippen LogP contribution in [0.4, 0.5) is 4.79 Å². The molecule has 0 radical (unpaired) electrons. The maximum Gasteiger partial charge on any atom is 0.405 e. The van der Waals surface area contributed by atoms with Crippen LogP contribution >= 0.6 is 0 Å². The van der Waals surface area contributed by atoms with Gasteiger partial charge in [-0.15, -0.1) is 0 Å². The Labute approximate surface area is 88.8 Å². The second-order valence-electron chi connectivity index (χ2n) is 4.28. The molecule has 2 amide bonds. The number of amides is 2. The van der Waals surface area contributed by atoms with E-state index in [9.17, 15) is 14.7 Å². The van der Waals surface area contributed by atoms with Gasteiger partial charge >= 0.3 is 6.09 Å². The summed E-state index contributed by atoms with van der Waals surface area (Å²) in [5, 5.41) is 12.1. The third-order valence-electron chi connectivity index (χ3n) is 1.92. The molecule has 0 heterocycles. The van der Waals surface area contributed by atoms with Crippen molar-refractivity contribution in [2.24, 2.45) is 11.1 Å². The largest absolute Gasteiger partial charge is 0.433 e. The van der Waals surface area contributed by atoms with Crippen LogP contribution in [0.1, 0.15) is 20.8 Å². The monoisotopic (exact) mass is 218 g/mol. The molecular weight excluding hydrogens is 200 g/mol. The quantitative estimate of drug-likeness (QED) is 0.600. The predicted octanol–water partition coefficient (Wildman–Crippen LogP) is -0.397. The highest BCUT2D eigenvalue weighted by Crippen LogP contribution is 2.23. The Bertz CT molecular complexity index is 247. The lowest BCUT2D eigenvalue weighted by atomic mass is 9.85. The SMILES string of the molecule is CNC(=O)[C@@H](OC(N)=O)C(O)C(C)(C)C. The van der Waals surface area contributed by atoms with Gasteiger partial charge in [0.2, 0.25) is 6.10 Å². The molecule has 0 aromatic heterocycles. The minimum absolute atomic E-state index is 0.587. The van der Waals surface area contributed by atoms with E-state index in [1.807, 2.05) is 0 Å². The van der Waals surface area contributed by atoms with Crippen LogP contribution in [0, 0.1) is 5.41 Å². The molecule has 0 aliphatic rings. The van der Waals surface area contributed by atoms with Gasteiger partial charge in [-0.05, 0) is 5.41 Å². The fraction of sp³-hybridized carbons (Fsp3) is 0.778. The number of hydrogen-bond donors (Lipinski definition) is 3. The van der Waals surface area contributed by atoms with Crippen LogP contribution in [0.25, 0.3) is 0 Å². The number of nitrogens with two attached hydrogens (primary N) is 1. The average Bonchev–Trinajstić information content (AvgIpc) is 2.10. The van der Waals surface area contributed by atoms with E-state index in [2.05, 4.69) is 10.1 Å². The minimum atomic E-state index is -1.28. The number of carbonyl (C=O) groups excluding carboxylic acids is 2. The van der Waals surface area contributed by atoms with Gasteiger partial charge in [-0.2, -0.15) is 0 Å². The summed E-state index contributed by atoms with van der Waals surface area (Å²) in [6.45, 7) is 5.16. The number of nitrogens with one attached hydrogen (secondary N) is 1. The lowest BCUT2D eigenvalue weighted by Gasteiger charge is -2.30. The van der Waals surface area contributed by atoms with Crippen LogP contribution in [0.3, 0.4) is 0 Å². The van der Waals surface area contributed by atoms with Crippen LogP contribution < -0.4 is 11.1 Å². The van der Waals surface area contributed by atoms with E-state index >= 15 is 0 Å². The van der Waals surface area contributed by atoms with Gasteiger partial charge in [0.25, 0.3) is 5.91 Å². The van der Waals surface area contributed by atoms with Crippen LogP contribution in [0.15, 0.2) is 0 Å². The molecule has 4 N–H and O–H groups in total. The molecule has 88 valence electrons. The number of hydrogen-bond acceptors (Lipinski definition) is 4. The minimum Gasteiger partial charge on any atom is -0.433 e. The highest BCUT2D eigenvalue weighted by molar-refractivity contribution is 5.83. The Hall–Kier alpha value is -1.30. The Balaban J connectivity index is 4.78. The van der Waals surface area contributed by atoms with Crippen LogP contribution in [0.5, 0.6) is 0 Å². The van der Waals surface area contributed by atoms with E-state index < -0.39 is 29.6 Å². The molecule has 0 aliphatic heterocycles. The molecular formula is C9H18N2O4. The standard InChI is InChI=1S/C9H18N2O4/c1-9(2,3)6(12)5(7(13)11-4)15-8(10)14/h5-6,12H,1-4H3,(H2,10,14)(H,11,13)/t5-,6?/m0/s1. The van der Waals surface area contributed by atoms with Gasteiger partial charge < -0.3 is 20.9 Å². The van der Waals surface area contributed by atoms with Gasteiger partial charge in [0, 0.05) is 7.05 Å². The lowest BCUT2D eigenvalue weighted by Crippen LogP contribution is -2.49. The number of likely N-dealkylation sites (N-methyl/N-ethyl adjacent to an activating group) is 1. The summed E-state index contributed by atoms with van der Waals surface area (Å²) < 4.78 is 4.57. The fourth-order valence-corrected chi connectivity index (χ4v) is 0.983. The highest BCUT2D eigenvalue weighted by Gasteiger charge is 2.37. The number of rotatable bonds is 3. The molecule has 0 fully saturated rings. The molecule has 0 saturated carbocycles. The zero-order valence-electron chi connectivity index (χ0n) is 9.40. The Morgan fingerprint density at radius 1 is 1.40 bits per heavy atom. The van der Waals surface area contributed by atoms with Crippen LogP contribution in [-0.2, 0) is 9.53 Å². The lowest BCUT2D eigenvalue weighted by molar-refractivity contribution is -0.139. The second-order valence-corrected chi connectivity index (χ2v) is 4.28. The van der Waals surface area contributed by atoms with E-state index in [0.717, 1.165) is 0 Å². The second kappa shape index (κ2) is 4.97. The number of primary amides is 1. The van der Waals surface area contributed by atoms with E-state index in [-0.39, 0.29) is 0 Å². The molecule has 0 rings (SSSR count). The summed E-state index contributed by atoms with van der Waals surface area (Å²) in [5.41, 5.74) is 4.22. The maximum atomic E-state index is 11.3. The summed E-state index contributed by atoms with van der Waals surface area (Å²) in [7, 11) is 1.38. The van der Waals surface area contributed by atoms with Crippen molar-refractivity contribution < 1.29 is 19.4 Å². The summed E-state index contributed by atoms with van der Waals surface area (Å²) >= 11 is 0. The Morgan fingerprint density at radius 3 is 2.13 bits per heavy atom. The zero-order valence-corrected chi connectivity index (χ0v) is 9.40. The van der Waals surface area contributed by atoms with E-state index in [0.29, 0.717) is 0 Å². The van der Waals surface area contributed by atoms with Crippen molar-refractivity contribution in [2.75, 3.05) is 7.05 Å². The van der Waals surface area contributed by atoms with Crippen molar-refractivity contribution in [3.8, 4) is 0 Å². The molecule has 2 atom stereocenters. The molecule has 6 heteroatoms. The topological polar surface area (TPSA) is 102 Å². The first kappa shape index (κ1) is 13.7. The summed E-state index contributed by atoms with van der Waals surface area (Å²) in [6, 6.07) is 0. The smallest absolute Gasteiger partial charge is 0.405 e. The molecule has 1 unspecified atom stereocenters. The van der Waals surface area contributed by atoms with Crippen molar-refractivity contribution >= 4 is 12.0 Å². The number of aliphatic hydroxyl groups is 1. The van der Waals surface area contributed by atoms with E-state index in [1.54, 1.807) is 20.8 Å². The van der Waals surface area contributed by atoms with Crippen molar-refractivity contribution in [1.82, 2.24) is 5.32 Å².